The van der Waals surface area contributed by atoms with Gasteiger partial charge in [0.1, 0.15) is 12.4 Å². The minimum Gasteiger partial charge on any atom is -0.488 e. The molecule has 0 unspecified atom stereocenters. The molecular weight excluding hydrogens is 593 g/mol. The summed E-state index contributed by atoms with van der Waals surface area (Å²) in [5.41, 5.74) is 2.53. The molecule has 2 aliphatic heterocycles. The molecule has 40 heavy (non-hydrogen) atoms. The smallest absolute Gasteiger partial charge is 0.266 e. The molecule has 2 heterocycles. The van der Waals surface area contributed by atoms with Crippen LogP contribution in [0, 0.1) is 0 Å². The fraction of sp³-hybridized carbons (Fsp3) is 0.207. The van der Waals surface area contributed by atoms with E-state index in [1.54, 1.807) is 78.7 Å². The van der Waals surface area contributed by atoms with Gasteiger partial charge in [-0.2, -0.15) is 0 Å². The van der Waals surface area contributed by atoms with Crippen molar-refractivity contribution in [2.24, 2.45) is 4.99 Å². The molecule has 3 aromatic carbocycles. The maximum absolute atomic E-state index is 13.1. The zero-order valence-electron chi connectivity index (χ0n) is 21.4. The normalized spacial score (nSPS) is 17.6. The number of carbonyl (C=O) groups is 2. The van der Waals surface area contributed by atoms with Gasteiger partial charge in [-0.05, 0) is 66.4 Å². The third kappa shape index (κ3) is 6.65. The topological polar surface area (TPSA) is 71.4 Å². The fourth-order valence-corrected chi connectivity index (χ4v) is 5.74. The summed E-state index contributed by atoms with van der Waals surface area (Å²) < 4.78 is 11.4. The monoisotopic (exact) mass is 615 g/mol. The van der Waals surface area contributed by atoms with Crippen LogP contribution in [0.5, 0.6) is 5.75 Å². The molecule has 0 atom stereocenters. The first-order chi connectivity index (χ1) is 19.3. The van der Waals surface area contributed by atoms with E-state index in [4.69, 9.17) is 44.3 Å². The van der Waals surface area contributed by atoms with Crippen LogP contribution in [0.25, 0.3) is 6.08 Å². The van der Waals surface area contributed by atoms with Crippen LogP contribution in [0.2, 0.25) is 15.1 Å². The molecule has 0 spiro atoms. The van der Waals surface area contributed by atoms with Crippen molar-refractivity contribution in [2.75, 3.05) is 33.4 Å². The summed E-state index contributed by atoms with van der Waals surface area (Å²) in [6, 6.07) is 17.5. The summed E-state index contributed by atoms with van der Waals surface area (Å²) in [6.45, 7) is 2.38. The number of aliphatic imine (C=N–C) groups is 1. The molecule has 2 saturated heterocycles. The van der Waals surface area contributed by atoms with Crippen molar-refractivity contribution in [1.29, 1.82) is 0 Å². The molecule has 0 bridgehead atoms. The minimum atomic E-state index is -0.212. The van der Waals surface area contributed by atoms with Crippen molar-refractivity contribution in [1.82, 2.24) is 9.80 Å². The second-order valence-corrected chi connectivity index (χ2v) is 11.3. The van der Waals surface area contributed by atoms with E-state index in [0.29, 0.717) is 74.0 Å². The van der Waals surface area contributed by atoms with Crippen LogP contribution in [0.15, 0.2) is 70.6 Å². The number of ether oxygens (including phenoxy) is 2. The van der Waals surface area contributed by atoms with Crippen LogP contribution in [0.4, 0.5) is 5.69 Å². The van der Waals surface area contributed by atoms with Crippen LogP contribution in [0.3, 0.4) is 0 Å². The lowest BCUT2D eigenvalue weighted by Crippen LogP contribution is -2.40. The number of amidine groups is 1. The molecule has 2 fully saturated rings. The van der Waals surface area contributed by atoms with Gasteiger partial charge in [-0.1, -0.05) is 46.9 Å². The Labute approximate surface area is 251 Å². The third-order valence-corrected chi connectivity index (χ3v) is 8.16. The lowest BCUT2D eigenvalue weighted by Gasteiger charge is -2.26. The first-order valence-corrected chi connectivity index (χ1v) is 14.3. The Kier molecular flexibility index (Phi) is 9.03. The number of benzene rings is 3. The van der Waals surface area contributed by atoms with Crippen molar-refractivity contribution >= 4 is 75.3 Å². The van der Waals surface area contributed by atoms with Crippen molar-refractivity contribution in [2.45, 2.75) is 6.61 Å². The lowest BCUT2D eigenvalue weighted by atomic mass is 10.1. The number of hydrogen-bond acceptors (Lipinski definition) is 6. The van der Waals surface area contributed by atoms with Gasteiger partial charge in [-0.3, -0.25) is 14.5 Å². The summed E-state index contributed by atoms with van der Waals surface area (Å²) in [6.07, 6.45) is 1.73. The Bertz CT molecular complexity index is 1520. The van der Waals surface area contributed by atoms with Crippen LogP contribution in [-0.2, 0) is 16.1 Å². The molecule has 11 heteroatoms. The second kappa shape index (κ2) is 12.7. The summed E-state index contributed by atoms with van der Waals surface area (Å²) in [5.74, 6) is 0.262. The predicted molar refractivity (Wildman–Crippen MR) is 161 cm³/mol. The van der Waals surface area contributed by atoms with Crippen LogP contribution in [0.1, 0.15) is 21.5 Å². The standard InChI is InChI=1S/C29H24Cl3N3O4S/c1-34-28(37)26(15-20-13-21(30)7-8-25(20)39-17-19-5-6-22(31)16-24(19)32)40-29(34)33-23-4-2-3-18(14-23)27(36)35-9-11-38-12-10-35/h2-8,13-16H,9-12,17H2,1H3/b26-15+,33-29?. The maximum atomic E-state index is 13.1. The Morgan fingerprint density at radius 1 is 1.05 bits per heavy atom. The number of carbonyl (C=O) groups excluding carboxylic acids is 2. The number of thioether (sulfide) groups is 1. The summed E-state index contributed by atoms with van der Waals surface area (Å²) >= 11 is 19.8. The highest BCUT2D eigenvalue weighted by Gasteiger charge is 2.31. The summed E-state index contributed by atoms with van der Waals surface area (Å²) in [5, 5.41) is 2.04. The van der Waals surface area contributed by atoms with E-state index >= 15 is 0 Å². The lowest BCUT2D eigenvalue weighted by molar-refractivity contribution is -0.121. The molecule has 7 nitrogen and oxygen atoms in total. The van der Waals surface area contributed by atoms with E-state index in [9.17, 15) is 9.59 Å². The molecule has 0 aromatic heterocycles. The first-order valence-electron chi connectivity index (χ1n) is 12.4. The number of halogens is 3. The quantitative estimate of drug-likeness (QED) is 0.281. The van der Waals surface area contributed by atoms with Crippen molar-refractivity contribution < 1.29 is 19.1 Å². The number of morpholine rings is 1. The van der Waals surface area contributed by atoms with E-state index in [1.807, 2.05) is 0 Å². The number of hydrogen-bond donors (Lipinski definition) is 0. The number of nitrogens with zero attached hydrogens (tertiary/aromatic N) is 3. The largest absolute Gasteiger partial charge is 0.488 e. The molecule has 2 amide bonds. The van der Waals surface area contributed by atoms with Crippen molar-refractivity contribution in [3.05, 3.63) is 97.3 Å². The van der Waals surface area contributed by atoms with Crippen molar-refractivity contribution in [3.63, 3.8) is 0 Å². The van der Waals surface area contributed by atoms with Gasteiger partial charge in [0, 0.05) is 51.9 Å². The van der Waals surface area contributed by atoms with Gasteiger partial charge in [0.05, 0.1) is 23.8 Å². The highest BCUT2D eigenvalue weighted by molar-refractivity contribution is 8.18. The average Bonchev–Trinajstić information content (AvgIpc) is 3.21. The molecular formula is C29H24Cl3N3O4S. The summed E-state index contributed by atoms with van der Waals surface area (Å²) in [7, 11) is 1.66. The Balaban J connectivity index is 1.36. The Morgan fingerprint density at radius 2 is 1.80 bits per heavy atom. The maximum Gasteiger partial charge on any atom is 0.266 e. The zero-order chi connectivity index (χ0) is 28.2. The Hall–Kier alpha value is -3.01. The van der Waals surface area contributed by atoms with E-state index in [0.717, 1.165) is 5.56 Å². The van der Waals surface area contributed by atoms with E-state index < -0.39 is 0 Å². The second-order valence-electron chi connectivity index (χ2n) is 9.03. The number of amides is 2. The molecule has 5 rings (SSSR count). The van der Waals surface area contributed by atoms with E-state index in [2.05, 4.69) is 4.99 Å². The van der Waals surface area contributed by atoms with Crippen molar-refractivity contribution in [3.8, 4) is 5.75 Å². The number of rotatable bonds is 6. The van der Waals surface area contributed by atoms with E-state index in [1.165, 1.54) is 16.7 Å². The van der Waals surface area contributed by atoms with Crippen LogP contribution >= 0.6 is 46.6 Å². The van der Waals surface area contributed by atoms with Crippen LogP contribution < -0.4 is 4.74 Å². The molecule has 0 N–H and O–H groups in total. The van der Waals surface area contributed by atoms with E-state index in [-0.39, 0.29) is 18.4 Å². The predicted octanol–water partition coefficient (Wildman–Crippen LogP) is 6.93. The molecule has 0 radical (unpaired) electrons. The first kappa shape index (κ1) is 28.5. The van der Waals surface area contributed by atoms with Gasteiger partial charge in [0.2, 0.25) is 0 Å². The third-order valence-electron chi connectivity index (χ3n) is 6.28. The minimum absolute atomic E-state index is 0.0668. The van der Waals surface area contributed by atoms with Gasteiger partial charge in [-0.15, -0.1) is 0 Å². The van der Waals surface area contributed by atoms with Gasteiger partial charge < -0.3 is 14.4 Å². The molecule has 206 valence electrons. The zero-order valence-corrected chi connectivity index (χ0v) is 24.5. The fourth-order valence-electron chi connectivity index (χ4n) is 4.12. The molecule has 0 aliphatic carbocycles. The van der Waals surface area contributed by atoms with Gasteiger partial charge in [-0.25, -0.2) is 4.99 Å². The highest BCUT2D eigenvalue weighted by Crippen LogP contribution is 2.36. The van der Waals surface area contributed by atoms with Crippen LogP contribution in [-0.4, -0.2) is 60.1 Å². The van der Waals surface area contributed by atoms with Gasteiger partial charge >= 0.3 is 0 Å². The highest BCUT2D eigenvalue weighted by atomic mass is 35.5. The average molecular weight is 617 g/mol. The number of likely N-dealkylation sites (N-methyl/N-ethyl adjacent to an activating group) is 1. The Morgan fingerprint density at radius 3 is 2.58 bits per heavy atom. The SMILES string of the molecule is CN1C(=O)/C(=C\c2cc(Cl)ccc2OCc2ccc(Cl)cc2Cl)SC1=Nc1cccc(C(=O)N2CCOCC2)c1. The summed E-state index contributed by atoms with van der Waals surface area (Å²) in [4.78, 5) is 34.4. The van der Waals surface area contributed by atoms with Gasteiger partial charge in [0.15, 0.2) is 5.17 Å². The molecule has 0 saturated carbocycles. The molecule has 2 aliphatic rings. The molecule has 3 aromatic rings. The van der Waals surface area contributed by atoms with Gasteiger partial charge in [0.25, 0.3) is 11.8 Å².